The average Bonchev–Trinajstić information content (AvgIpc) is 3.24. The van der Waals surface area contributed by atoms with Gasteiger partial charge in [-0.3, -0.25) is 9.69 Å². The van der Waals surface area contributed by atoms with Crippen molar-refractivity contribution in [2.24, 2.45) is 0 Å². The maximum Gasteiger partial charge on any atom is 0.253 e. The normalized spacial score (nSPS) is 13.8. The number of carbonyl (C=O) groups is 1. The van der Waals surface area contributed by atoms with E-state index in [1.165, 1.54) is 0 Å². The maximum absolute atomic E-state index is 13.0. The summed E-state index contributed by atoms with van der Waals surface area (Å²) in [5.74, 6) is 0.799. The Morgan fingerprint density at radius 3 is 2.41 bits per heavy atom. The molecule has 0 unspecified atom stereocenters. The van der Waals surface area contributed by atoms with Crippen LogP contribution < -0.4 is 15.0 Å². The van der Waals surface area contributed by atoms with Crippen molar-refractivity contribution in [3.05, 3.63) is 69.8 Å². The minimum Gasteiger partial charge on any atom is -0.497 e. The van der Waals surface area contributed by atoms with Gasteiger partial charge in [0.15, 0.2) is 0 Å². The number of hydrogen-bond acceptors (Lipinski definition) is 4. The summed E-state index contributed by atoms with van der Waals surface area (Å²) < 4.78 is 7.46. The first-order valence-electron chi connectivity index (χ1n) is 12.5. The van der Waals surface area contributed by atoms with Crippen LogP contribution in [-0.4, -0.2) is 61.8 Å². The monoisotopic (exact) mass is 564 g/mol. The van der Waals surface area contributed by atoms with Gasteiger partial charge in [0, 0.05) is 50.7 Å². The molecule has 1 aliphatic heterocycles. The standard InChI is InChI=1S/C28H34Cl2N4O2.ClH/c1-4-34-20(2)23(19-26(34)21-9-11-22(36-3)12-10-21)28(35)31-13-6-14-32-15-17-33(18-16-32)25-8-5-7-24(29)27(25)30;/h5,7-12,19H,4,6,13-18H2,1-3H3,(H,31,35);1H. The highest BCUT2D eigenvalue weighted by Crippen LogP contribution is 2.33. The zero-order chi connectivity index (χ0) is 25.7. The van der Waals surface area contributed by atoms with Gasteiger partial charge in [0.1, 0.15) is 5.75 Å². The Morgan fingerprint density at radius 1 is 1.05 bits per heavy atom. The summed E-state index contributed by atoms with van der Waals surface area (Å²) >= 11 is 12.6. The van der Waals surface area contributed by atoms with Crippen molar-refractivity contribution in [1.82, 2.24) is 14.8 Å². The van der Waals surface area contributed by atoms with E-state index in [1.807, 2.05) is 55.5 Å². The predicted octanol–water partition coefficient (Wildman–Crippen LogP) is 6.16. The molecule has 4 rings (SSSR count). The number of methoxy groups -OCH3 is 1. The van der Waals surface area contributed by atoms with Gasteiger partial charge >= 0.3 is 0 Å². The van der Waals surface area contributed by atoms with Crippen LogP contribution >= 0.6 is 35.6 Å². The number of benzene rings is 2. The molecule has 3 aromatic rings. The largest absolute Gasteiger partial charge is 0.497 e. The van der Waals surface area contributed by atoms with Gasteiger partial charge in [-0.05, 0) is 74.8 Å². The number of hydrogen-bond donors (Lipinski definition) is 1. The average molecular weight is 566 g/mol. The van der Waals surface area contributed by atoms with Crippen LogP contribution in [0, 0.1) is 6.92 Å². The number of piperazine rings is 1. The molecule has 1 aliphatic rings. The molecule has 1 amide bonds. The molecule has 0 spiro atoms. The lowest BCUT2D eigenvalue weighted by atomic mass is 10.1. The molecule has 1 N–H and O–H groups in total. The minimum atomic E-state index is -0.0186. The molecule has 1 aromatic heterocycles. The molecular weight excluding hydrogens is 531 g/mol. The van der Waals surface area contributed by atoms with Crippen LogP contribution in [0.2, 0.25) is 10.0 Å². The lowest BCUT2D eigenvalue weighted by molar-refractivity contribution is 0.0950. The number of ether oxygens (including phenoxy) is 1. The topological polar surface area (TPSA) is 49.7 Å². The van der Waals surface area contributed by atoms with E-state index >= 15 is 0 Å². The fourth-order valence-corrected chi connectivity index (χ4v) is 5.25. The van der Waals surface area contributed by atoms with Gasteiger partial charge in [-0.2, -0.15) is 0 Å². The van der Waals surface area contributed by atoms with E-state index in [4.69, 9.17) is 27.9 Å². The van der Waals surface area contributed by atoms with E-state index in [-0.39, 0.29) is 18.3 Å². The Balaban J connectivity index is 0.00000380. The van der Waals surface area contributed by atoms with Gasteiger partial charge in [-0.1, -0.05) is 29.3 Å². The third kappa shape index (κ3) is 6.74. The summed E-state index contributed by atoms with van der Waals surface area (Å²) in [5.41, 5.74) is 4.82. The molecule has 1 fully saturated rings. The Bertz CT molecular complexity index is 1190. The molecule has 0 radical (unpaired) electrons. The van der Waals surface area contributed by atoms with Crippen molar-refractivity contribution in [3.8, 4) is 17.0 Å². The second kappa shape index (κ2) is 13.4. The fraction of sp³-hybridized carbons (Fsp3) is 0.393. The van der Waals surface area contributed by atoms with Crippen LogP contribution in [0.4, 0.5) is 5.69 Å². The van der Waals surface area contributed by atoms with Crippen LogP contribution in [0.15, 0.2) is 48.5 Å². The van der Waals surface area contributed by atoms with Crippen molar-refractivity contribution >= 4 is 47.2 Å². The first-order valence-corrected chi connectivity index (χ1v) is 13.2. The summed E-state index contributed by atoms with van der Waals surface area (Å²) in [6, 6.07) is 15.7. The number of nitrogens with one attached hydrogen (secondary N) is 1. The van der Waals surface area contributed by atoms with Crippen molar-refractivity contribution in [2.45, 2.75) is 26.8 Å². The smallest absolute Gasteiger partial charge is 0.253 e. The van der Waals surface area contributed by atoms with E-state index in [9.17, 15) is 4.79 Å². The molecule has 2 aromatic carbocycles. The highest BCUT2D eigenvalue weighted by atomic mass is 35.5. The number of rotatable bonds is 9. The predicted molar refractivity (Wildman–Crippen MR) is 156 cm³/mol. The van der Waals surface area contributed by atoms with E-state index < -0.39 is 0 Å². The van der Waals surface area contributed by atoms with Crippen LogP contribution in [0.25, 0.3) is 11.3 Å². The fourth-order valence-electron chi connectivity index (χ4n) is 4.83. The number of carbonyl (C=O) groups excluding carboxylic acids is 1. The van der Waals surface area contributed by atoms with Gasteiger partial charge in [-0.15, -0.1) is 12.4 Å². The lowest BCUT2D eigenvalue weighted by Crippen LogP contribution is -2.47. The van der Waals surface area contributed by atoms with E-state index in [0.717, 1.165) is 79.6 Å². The third-order valence-corrected chi connectivity index (χ3v) is 7.70. The Kier molecular flexibility index (Phi) is 10.6. The number of halogens is 3. The third-order valence-electron chi connectivity index (χ3n) is 6.89. The number of nitrogens with zero attached hydrogens (tertiary/aromatic N) is 3. The molecule has 2 heterocycles. The van der Waals surface area contributed by atoms with Crippen LogP contribution in [0.3, 0.4) is 0 Å². The van der Waals surface area contributed by atoms with Crippen LogP contribution in [0.1, 0.15) is 29.4 Å². The molecule has 9 heteroatoms. The summed E-state index contributed by atoms with van der Waals surface area (Å²) in [7, 11) is 1.66. The molecule has 0 atom stereocenters. The van der Waals surface area contributed by atoms with Crippen molar-refractivity contribution in [1.29, 1.82) is 0 Å². The molecule has 0 bridgehead atoms. The first-order chi connectivity index (χ1) is 17.4. The SMILES string of the molecule is CCn1c(-c2ccc(OC)cc2)cc(C(=O)NCCCN2CCN(c3cccc(Cl)c3Cl)CC2)c1C.Cl. The first kappa shape index (κ1) is 29.2. The van der Waals surface area contributed by atoms with Crippen molar-refractivity contribution in [3.63, 3.8) is 0 Å². The highest BCUT2D eigenvalue weighted by Gasteiger charge is 2.20. The summed E-state index contributed by atoms with van der Waals surface area (Å²) in [4.78, 5) is 17.7. The van der Waals surface area contributed by atoms with E-state index in [2.05, 4.69) is 26.6 Å². The Hall–Kier alpha value is -2.38. The highest BCUT2D eigenvalue weighted by molar-refractivity contribution is 6.43. The number of anilines is 1. The van der Waals surface area contributed by atoms with E-state index in [0.29, 0.717) is 16.6 Å². The second-order valence-electron chi connectivity index (χ2n) is 9.01. The van der Waals surface area contributed by atoms with Gasteiger partial charge in [0.05, 0.1) is 28.4 Å². The zero-order valence-corrected chi connectivity index (χ0v) is 23.9. The molecule has 0 aliphatic carbocycles. The Labute approximate surface area is 235 Å². The molecule has 6 nitrogen and oxygen atoms in total. The summed E-state index contributed by atoms with van der Waals surface area (Å²) in [6.07, 6.45) is 0.905. The lowest BCUT2D eigenvalue weighted by Gasteiger charge is -2.36. The zero-order valence-electron chi connectivity index (χ0n) is 21.6. The summed E-state index contributed by atoms with van der Waals surface area (Å²) in [5, 5.41) is 4.33. The maximum atomic E-state index is 13.0. The second-order valence-corrected chi connectivity index (χ2v) is 9.80. The molecular formula is C28H35Cl3N4O2. The van der Waals surface area contributed by atoms with Crippen molar-refractivity contribution < 1.29 is 9.53 Å². The van der Waals surface area contributed by atoms with Crippen molar-refractivity contribution in [2.75, 3.05) is 51.3 Å². The van der Waals surface area contributed by atoms with Gasteiger partial charge < -0.3 is 19.5 Å². The molecule has 37 heavy (non-hydrogen) atoms. The van der Waals surface area contributed by atoms with Crippen LogP contribution in [0.5, 0.6) is 5.75 Å². The summed E-state index contributed by atoms with van der Waals surface area (Å²) in [6.45, 7) is 10.2. The molecule has 1 saturated heterocycles. The Morgan fingerprint density at radius 2 is 1.76 bits per heavy atom. The quantitative estimate of drug-likeness (QED) is 0.316. The van der Waals surface area contributed by atoms with E-state index in [1.54, 1.807) is 7.11 Å². The van der Waals surface area contributed by atoms with Gasteiger partial charge in [-0.25, -0.2) is 0 Å². The molecule has 0 saturated carbocycles. The number of aromatic nitrogens is 1. The minimum absolute atomic E-state index is 0. The van der Waals surface area contributed by atoms with Gasteiger partial charge in [0.2, 0.25) is 0 Å². The van der Waals surface area contributed by atoms with Crippen LogP contribution in [-0.2, 0) is 6.54 Å². The molecule has 200 valence electrons. The van der Waals surface area contributed by atoms with Gasteiger partial charge in [0.25, 0.3) is 5.91 Å². The number of amides is 1.